The highest BCUT2D eigenvalue weighted by molar-refractivity contribution is 5.53. The number of benzene rings is 2. The molecule has 2 aromatic rings. The van der Waals surface area contributed by atoms with E-state index in [-0.39, 0.29) is 10.6 Å². The van der Waals surface area contributed by atoms with Gasteiger partial charge in [-0.3, -0.25) is 10.1 Å². The molecular weight excluding hydrogens is 240 g/mol. The first-order valence-electron chi connectivity index (χ1n) is 6.11. The molecule has 0 fully saturated rings. The number of nitro benzene ring substituents is 1. The molecular formula is C15H16N2O2. The maximum atomic E-state index is 10.7. The van der Waals surface area contributed by atoms with Gasteiger partial charge in [-0.2, -0.15) is 0 Å². The van der Waals surface area contributed by atoms with Gasteiger partial charge in [0.25, 0.3) is 5.69 Å². The summed E-state index contributed by atoms with van der Waals surface area (Å²) in [4.78, 5) is 10.3. The van der Waals surface area contributed by atoms with Crippen molar-refractivity contribution in [1.82, 2.24) is 0 Å². The molecule has 0 heterocycles. The van der Waals surface area contributed by atoms with E-state index in [0.29, 0.717) is 6.54 Å². The molecule has 0 aliphatic carbocycles. The molecule has 4 nitrogen and oxygen atoms in total. The van der Waals surface area contributed by atoms with Gasteiger partial charge in [0.15, 0.2) is 0 Å². The molecule has 2 rings (SSSR count). The highest BCUT2D eigenvalue weighted by Gasteiger charge is 2.05. The molecule has 0 aliphatic rings. The van der Waals surface area contributed by atoms with Gasteiger partial charge in [-0.25, -0.2) is 0 Å². The average Bonchev–Trinajstić information content (AvgIpc) is 2.40. The first-order chi connectivity index (χ1) is 9.06. The second kappa shape index (κ2) is 5.52. The summed E-state index contributed by atoms with van der Waals surface area (Å²) in [5.74, 6) is 0. The van der Waals surface area contributed by atoms with Crippen molar-refractivity contribution < 1.29 is 4.92 Å². The largest absolute Gasteiger partial charge is 0.381 e. The Balaban J connectivity index is 2.12. The van der Waals surface area contributed by atoms with Crippen LogP contribution < -0.4 is 5.32 Å². The summed E-state index contributed by atoms with van der Waals surface area (Å²) in [6.07, 6.45) is 0. The van der Waals surface area contributed by atoms with Gasteiger partial charge in [-0.05, 0) is 36.6 Å². The van der Waals surface area contributed by atoms with Crippen LogP contribution in [0.4, 0.5) is 11.4 Å². The van der Waals surface area contributed by atoms with Crippen molar-refractivity contribution >= 4 is 11.4 Å². The second-order valence-electron chi connectivity index (χ2n) is 4.60. The van der Waals surface area contributed by atoms with Crippen LogP contribution in [0.1, 0.15) is 16.7 Å². The van der Waals surface area contributed by atoms with E-state index >= 15 is 0 Å². The smallest absolute Gasteiger partial charge is 0.269 e. The maximum Gasteiger partial charge on any atom is 0.269 e. The molecule has 4 heteroatoms. The Bertz CT molecular complexity index is 609. The van der Waals surface area contributed by atoms with E-state index in [0.717, 1.165) is 16.8 Å². The third-order valence-electron chi connectivity index (χ3n) is 3.00. The summed E-state index contributed by atoms with van der Waals surface area (Å²) < 4.78 is 0. The molecule has 0 atom stereocenters. The summed E-state index contributed by atoms with van der Waals surface area (Å²) in [5.41, 5.74) is 4.44. The van der Waals surface area contributed by atoms with E-state index in [1.54, 1.807) is 12.1 Å². The molecule has 0 bridgehead atoms. The maximum absolute atomic E-state index is 10.7. The lowest BCUT2D eigenvalue weighted by Gasteiger charge is -2.10. The number of nitrogens with one attached hydrogen (secondary N) is 1. The summed E-state index contributed by atoms with van der Waals surface area (Å²) >= 11 is 0. The van der Waals surface area contributed by atoms with Crippen LogP contribution in [0.5, 0.6) is 0 Å². The zero-order valence-electron chi connectivity index (χ0n) is 11.0. The van der Waals surface area contributed by atoms with Crippen molar-refractivity contribution in [2.45, 2.75) is 20.4 Å². The van der Waals surface area contributed by atoms with E-state index in [1.807, 2.05) is 19.9 Å². The van der Waals surface area contributed by atoms with E-state index in [1.165, 1.54) is 11.6 Å². The van der Waals surface area contributed by atoms with Gasteiger partial charge in [-0.15, -0.1) is 0 Å². The average molecular weight is 256 g/mol. The van der Waals surface area contributed by atoms with Crippen molar-refractivity contribution in [3.8, 4) is 0 Å². The number of aryl methyl sites for hydroxylation is 2. The van der Waals surface area contributed by atoms with Crippen molar-refractivity contribution in [1.29, 1.82) is 0 Å². The van der Waals surface area contributed by atoms with Crippen molar-refractivity contribution in [3.63, 3.8) is 0 Å². The first-order valence-corrected chi connectivity index (χ1v) is 6.11. The van der Waals surface area contributed by atoms with Crippen LogP contribution in [0.15, 0.2) is 42.5 Å². The van der Waals surface area contributed by atoms with Crippen molar-refractivity contribution in [2.24, 2.45) is 0 Å². The summed E-state index contributed by atoms with van der Waals surface area (Å²) in [6.45, 7) is 4.65. The number of non-ortho nitro benzene ring substituents is 1. The highest BCUT2D eigenvalue weighted by Crippen LogP contribution is 2.19. The van der Waals surface area contributed by atoms with E-state index < -0.39 is 0 Å². The van der Waals surface area contributed by atoms with Crippen LogP contribution in [0, 0.1) is 24.0 Å². The van der Waals surface area contributed by atoms with Crippen molar-refractivity contribution in [2.75, 3.05) is 5.32 Å². The first kappa shape index (κ1) is 13.1. The molecule has 0 spiro atoms. The molecule has 98 valence electrons. The number of rotatable bonds is 4. The Morgan fingerprint density at radius 1 is 1.16 bits per heavy atom. The summed E-state index contributed by atoms with van der Waals surface area (Å²) in [5, 5.41) is 14.0. The third-order valence-corrected chi connectivity index (χ3v) is 3.00. The Labute approximate surface area is 112 Å². The van der Waals surface area contributed by atoms with Crippen LogP contribution in [-0.4, -0.2) is 4.92 Å². The quantitative estimate of drug-likeness (QED) is 0.668. The number of hydrogen-bond acceptors (Lipinski definition) is 3. The van der Waals surface area contributed by atoms with E-state index in [2.05, 4.69) is 23.5 Å². The number of anilines is 1. The van der Waals surface area contributed by atoms with Crippen LogP contribution >= 0.6 is 0 Å². The lowest BCUT2D eigenvalue weighted by molar-refractivity contribution is -0.384. The van der Waals surface area contributed by atoms with E-state index in [4.69, 9.17) is 0 Å². The molecule has 1 N–H and O–H groups in total. The lowest BCUT2D eigenvalue weighted by atomic mass is 10.1. The normalized spacial score (nSPS) is 10.2. The molecule has 2 aromatic carbocycles. The van der Waals surface area contributed by atoms with E-state index in [9.17, 15) is 10.1 Å². The molecule has 0 saturated heterocycles. The fourth-order valence-electron chi connectivity index (χ4n) is 1.90. The zero-order chi connectivity index (χ0) is 13.8. The minimum atomic E-state index is -0.374. The standard InChI is InChI=1S/C15H16N2O2/c1-11-6-7-12(2)15(8-11)16-10-13-4-3-5-14(9-13)17(18)19/h3-9,16H,10H2,1-2H3. The van der Waals surface area contributed by atoms with Gasteiger partial charge in [0.2, 0.25) is 0 Å². The number of nitrogens with zero attached hydrogens (tertiary/aromatic N) is 1. The monoisotopic (exact) mass is 256 g/mol. The van der Waals surface area contributed by atoms with Gasteiger partial charge in [0, 0.05) is 24.4 Å². The molecule has 19 heavy (non-hydrogen) atoms. The fraction of sp³-hybridized carbons (Fsp3) is 0.200. The second-order valence-corrected chi connectivity index (χ2v) is 4.60. The zero-order valence-corrected chi connectivity index (χ0v) is 11.0. The Morgan fingerprint density at radius 2 is 1.95 bits per heavy atom. The van der Waals surface area contributed by atoms with Gasteiger partial charge in [-0.1, -0.05) is 24.3 Å². The minimum absolute atomic E-state index is 0.125. The van der Waals surface area contributed by atoms with Gasteiger partial charge in [0.1, 0.15) is 0 Å². The molecule has 0 amide bonds. The van der Waals surface area contributed by atoms with Gasteiger partial charge >= 0.3 is 0 Å². The van der Waals surface area contributed by atoms with Crippen LogP contribution in [0.2, 0.25) is 0 Å². The van der Waals surface area contributed by atoms with Crippen LogP contribution in [-0.2, 0) is 6.54 Å². The molecule has 0 saturated carbocycles. The summed E-state index contributed by atoms with van der Waals surface area (Å²) in [7, 11) is 0. The predicted molar refractivity (Wildman–Crippen MR) is 76.3 cm³/mol. The SMILES string of the molecule is Cc1ccc(C)c(NCc2cccc([N+](=O)[O-])c2)c1. The highest BCUT2D eigenvalue weighted by atomic mass is 16.6. The molecule has 0 aliphatic heterocycles. The van der Waals surface area contributed by atoms with Gasteiger partial charge in [0.05, 0.1) is 4.92 Å². The fourth-order valence-corrected chi connectivity index (χ4v) is 1.90. The Hall–Kier alpha value is -2.36. The lowest BCUT2D eigenvalue weighted by Crippen LogP contribution is -2.02. The summed E-state index contributed by atoms with van der Waals surface area (Å²) in [6, 6.07) is 12.9. The van der Waals surface area contributed by atoms with Crippen LogP contribution in [0.25, 0.3) is 0 Å². The predicted octanol–water partition coefficient (Wildman–Crippen LogP) is 3.82. The van der Waals surface area contributed by atoms with Gasteiger partial charge < -0.3 is 5.32 Å². The molecule has 0 aromatic heterocycles. The minimum Gasteiger partial charge on any atom is -0.381 e. The Morgan fingerprint density at radius 3 is 2.68 bits per heavy atom. The Kier molecular flexibility index (Phi) is 3.80. The molecule has 0 unspecified atom stereocenters. The third kappa shape index (κ3) is 3.31. The number of nitro groups is 1. The molecule has 0 radical (unpaired) electrons. The topological polar surface area (TPSA) is 55.2 Å². The van der Waals surface area contributed by atoms with Crippen molar-refractivity contribution in [3.05, 3.63) is 69.3 Å². The van der Waals surface area contributed by atoms with Crippen LogP contribution in [0.3, 0.4) is 0 Å². The number of hydrogen-bond donors (Lipinski definition) is 1.